The molecule has 25 heavy (non-hydrogen) atoms. The summed E-state index contributed by atoms with van der Waals surface area (Å²) in [5.74, 6) is -0.319. The first-order valence-corrected chi connectivity index (χ1v) is 9.88. The number of nitrogens with one attached hydrogen (secondary N) is 2. The molecule has 0 saturated heterocycles. The quantitative estimate of drug-likeness (QED) is 0.568. The predicted octanol–water partition coefficient (Wildman–Crippen LogP) is 1.02. The minimum absolute atomic E-state index is 0.0217. The molecular formula is C17H27N3O4S. The first-order valence-electron chi connectivity index (χ1n) is 8.39. The van der Waals surface area contributed by atoms with Crippen LogP contribution in [0.25, 0.3) is 0 Å². The summed E-state index contributed by atoms with van der Waals surface area (Å²) >= 11 is 0. The smallest absolute Gasteiger partial charge is 0.240 e. The van der Waals surface area contributed by atoms with Crippen molar-refractivity contribution in [3.63, 3.8) is 0 Å². The average molecular weight is 369 g/mol. The minimum atomic E-state index is -3.69. The van der Waals surface area contributed by atoms with Gasteiger partial charge < -0.3 is 10.2 Å². The molecule has 0 bridgehead atoms. The molecular weight excluding hydrogens is 342 g/mol. The molecule has 1 amide bonds. The summed E-state index contributed by atoms with van der Waals surface area (Å²) in [6.07, 6.45) is 0.0724. The summed E-state index contributed by atoms with van der Waals surface area (Å²) < 4.78 is 26.7. The van der Waals surface area contributed by atoms with Crippen molar-refractivity contribution in [2.24, 2.45) is 0 Å². The van der Waals surface area contributed by atoms with E-state index < -0.39 is 10.0 Å². The number of ketones is 1. The van der Waals surface area contributed by atoms with E-state index in [-0.39, 0.29) is 29.6 Å². The fourth-order valence-corrected chi connectivity index (χ4v) is 3.26. The molecule has 2 N–H and O–H groups in total. The molecule has 1 aromatic carbocycles. The van der Waals surface area contributed by atoms with E-state index in [0.717, 1.165) is 19.6 Å². The lowest BCUT2D eigenvalue weighted by Gasteiger charge is -2.17. The Morgan fingerprint density at radius 3 is 2.16 bits per heavy atom. The lowest BCUT2D eigenvalue weighted by molar-refractivity contribution is -0.120. The van der Waals surface area contributed by atoms with Crippen LogP contribution in [0.15, 0.2) is 29.2 Å². The number of hydrogen-bond donors (Lipinski definition) is 2. The number of rotatable bonds is 11. The van der Waals surface area contributed by atoms with Gasteiger partial charge >= 0.3 is 0 Å². The van der Waals surface area contributed by atoms with Crippen molar-refractivity contribution in [2.45, 2.75) is 32.1 Å². The third-order valence-electron chi connectivity index (χ3n) is 3.86. The van der Waals surface area contributed by atoms with Gasteiger partial charge in [0.15, 0.2) is 5.78 Å². The Morgan fingerprint density at radius 1 is 1.04 bits per heavy atom. The van der Waals surface area contributed by atoms with Crippen molar-refractivity contribution in [1.82, 2.24) is 14.9 Å². The number of nitrogens with zero attached hydrogens (tertiary/aromatic N) is 1. The SMILES string of the molecule is CCN(CC)CCNC(=O)CCNS(=O)(=O)c1ccc(C(C)=O)cc1. The number of sulfonamides is 1. The van der Waals surface area contributed by atoms with Gasteiger partial charge in [-0.2, -0.15) is 0 Å². The second kappa shape index (κ2) is 10.3. The molecule has 0 fully saturated rings. The molecule has 0 aliphatic carbocycles. The minimum Gasteiger partial charge on any atom is -0.355 e. The molecule has 1 aromatic rings. The van der Waals surface area contributed by atoms with Gasteiger partial charge in [-0.15, -0.1) is 0 Å². The number of Topliss-reactive ketones (excluding diaryl/α,β-unsaturated/α-hetero) is 1. The van der Waals surface area contributed by atoms with Crippen LogP contribution in [0, 0.1) is 0 Å². The third-order valence-corrected chi connectivity index (χ3v) is 5.34. The van der Waals surface area contributed by atoms with E-state index in [4.69, 9.17) is 0 Å². The van der Waals surface area contributed by atoms with Gasteiger partial charge in [0, 0.05) is 31.6 Å². The largest absolute Gasteiger partial charge is 0.355 e. The summed E-state index contributed by atoms with van der Waals surface area (Å²) in [7, 11) is -3.69. The van der Waals surface area contributed by atoms with Gasteiger partial charge in [0.2, 0.25) is 15.9 Å². The van der Waals surface area contributed by atoms with E-state index in [1.54, 1.807) is 0 Å². The Morgan fingerprint density at radius 2 is 1.64 bits per heavy atom. The second-order valence-electron chi connectivity index (χ2n) is 5.61. The van der Waals surface area contributed by atoms with Crippen LogP contribution in [0.1, 0.15) is 37.6 Å². The zero-order valence-corrected chi connectivity index (χ0v) is 15.9. The maximum atomic E-state index is 12.1. The Kier molecular flexibility index (Phi) is 8.74. The highest BCUT2D eigenvalue weighted by molar-refractivity contribution is 7.89. The molecule has 8 heteroatoms. The maximum absolute atomic E-state index is 12.1. The molecule has 0 aliphatic heterocycles. The first kappa shape index (κ1) is 21.3. The van der Waals surface area contributed by atoms with Crippen LogP contribution in [-0.4, -0.2) is 57.7 Å². The van der Waals surface area contributed by atoms with Gasteiger partial charge in [-0.3, -0.25) is 9.59 Å². The number of carbonyl (C=O) groups is 2. The van der Waals surface area contributed by atoms with Gasteiger partial charge in [0.1, 0.15) is 0 Å². The zero-order chi connectivity index (χ0) is 18.9. The van der Waals surface area contributed by atoms with Crippen molar-refractivity contribution in [2.75, 3.05) is 32.7 Å². The van der Waals surface area contributed by atoms with Crippen molar-refractivity contribution in [3.05, 3.63) is 29.8 Å². The summed E-state index contributed by atoms with van der Waals surface area (Å²) in [5.41, 5.74) is 0.450. The highest BCUT2D eigenvalue weighted by Crippen LogP contribution is 2.10. The molecule has 0 aliphatic rings. The molecule has 0 radical (unpaired) electrons. The van der Waals surface area contributed by atoms with Crippen molar-refractivity contribution in [3.8, 4) is 0 Å². The van der Waals surface area contributed by atoms with E-state index in [1.807, 2.05) is 0 Å². The Labute approximate surface area is 149 Å². The molecule has 7 nitrogen and oxygen atoms in total. The van der Waals surface area contributed by atoms with Crippen LogP contribution in [0.2, 0.25) is 0 Å². The van der Waals surface area contributed by atoms with E-state index >= 15 is 0 Å². The summed E-state index contributed by atoms with van der Waals surface area (Å²) in [6, 6.07) is 5.69. The van der Waals surface area contributed by atoms with Crippen LogP contribution in [-0.2, 0) is 14.8 Å². The highest BCUT2D eigenvalue weighted by atomic mass is 32.2. The molecule has 0 aromatic heterocycles. The molecule has 0 spiro atoms. The van der Waals surface area contributed by atoms with Crippen LogP contribution in [0.3, 0.4) is 0 Å². The van der Waals surface area contributed by atoms with Gasteiger partial charge in [-0.05, 0) is 32.1 Å². The Hall–Kier alpha value is -1.77. The van der Waals surface area contributed by atoms with Crippen molar-refractivity contribution >= 4 is 21.7 Å². The highest BCUT2D eigenvalue weighted by Gasteiger charge is 2.14. The van der Waals surface area contributed by atoms with Crippen molar-refractivity contribution in [1.29, 1.82) is 0 Å². The number of benzene rings is 1. The fourth-order valence-electron chi connectivity index (χ4n) is 2.23. The van der Waals surface area contributed by atoms with E-state index in [0.29, 0.717) is 12.1 Å². The first-order chi connectivity index (χ1) is 11.8. The van der Waals surface area contributed by atoms with Crippen LogP contribution >= 0.6 is 0 Å². The Bertz CT molecular complexity index is 668. The average Bonchev–Trinajstić information content (AvgIpc) is 2.58. The number of likely N-dealkylation sites (N-methyl/N-ethyl adjacent to an activating group) is 1. The number of amides is 1. The predicted molar refractivity (Wildman–Crippen MR) is 97.0 cm³/mol. The standard InChI is InChI=1S/C17H27N3O4S/c1-4-20(5-2)13-12-18-17(22)10-11-19-25(23,24)16-8-6-15(7-9-16)14(3)21/h6-9,19H,4-5,10-13H2,1-3H3,(H,18,22). The van der Waals surface area contributed by atoms with Gasteiger partial charge in [0.25, 0.3) is 0 Å². The molecule has 140 valence electrons. The van der Waals surface area contributed by atoms with Gasteiger partial charge in [-0.25, -0.2) is 13.1 Å². The monoisotopic (exact) mass is 369 g/mol. The lowest BCUT2D eigenvalue weighted by Crippen LogP contribution is -2.36. The topological polar surface area (TPSA) is 95.6 Å². The van der Waals surface area contributed by atoms with Gasteiger partial charge in [-0.1, -0.05) is 26.0 Å². The number of carbonyl (C=O) groups excluding carboxylic acids is 2. The van der Waals surface area contributed by atoms with E-state index in [2.05, 4.69) is 28.8 Å². The van der Waals surface area contributed by atoms with Crippen LogP contribution in [0.4, 0.5) is 0 Å². The van der Waals surface area contributed by atoms with Crippen LogP contribution < -0.4 is 10.0 Å². The number of hydrogen-bond acceptors (Lipinski definition) is 5. The second-order valence-corrected chi connectivity index (χ2v) is 7.37. The third kappa shape index (κ3) is 7.33. The summed E-state index contributed by atoms with van der Waals surface area (Å²) in [4.78, 5) is 25.2. The Balaban J connectivity index is 2.41. The summed E-state index contributed by atoms with van der Waals surface area (Å²) in [6.45, 7) is 8.72. The molecule has 0 atom stereocenters. The van der Waals surface area contributed by atoms with Crippen LogP contribution in [0.5, 0.6) is 0 Å². The lowest BCUT2D eigenvalue weighted by atomic mass is 10.2. The molecule has 1 rings (SSSR count). The molecule has 0 saturated carbocycles. The molecule has 0 unspecified atom stereocenters. The maximum Gasteiger partial charge on any atom is 0.240 e. The molecule has 0 heterocycles. The summed E-state index contributed by atoms with van der Waals surface area (Å²) in [5, 5.41) is 2.77. The normalized spacial score (nSPS) is 11.5. The van der Waals surface area contributed by atoms with Crippen molar-refractivity contribution < 1.29 is 18.0 Å². The fraction of sp³-hybridized carbons (Fsp3) is 0.529. The zero-order valence-electron chi connectivity index (χ0n) is 15.0. The van der Waals surface area contributed by atoms with E-state index in [1.165, 1.54) is 31.2 Å². The van der Waals surface area contributed by atoms with Gasteiger partial charge in [0.05, 0.1) is 4.90 Å². The van der Waals surface area contributed by atoms with E-state index in [9.17, 15) is 18.0 Å².